The lowest BCUT2D eigenvalue weighted by atomic mass is 10.1. The molecule has 0 amide bonds. The van der Waals surface area contributed by atoms with Gasteiger partial charge in [0.05, 0.1) is 25.4 Å². The van der Waals surface area contributed by atoms with Crippen LogP contribution >= 0.6 is 0 Å². The average molecular weight is 250 g/mol. The molecule has 4 nitrogen and oxygen atoms in total. The van der Waals surface area contributed by atoms with Crippen molar-refractivity contribution in [2.75, 3.05) is 18.1 Å². The number of rotatable bonds is 2. The van der Waals surface area contributed by atoms with Crippen LogP contribution in [0.4, 0.5) is 5.82 Å². The predicted molar refractivity (Wildman–Crippen MR) is 71.9 cm³/mol. The number of aryl methyl sites for hydroxylation is 2. The maximum Gasteiger partial charge on any atom is 0.135 e. The number of aliphatic hydroxyl groups is 1. The Morgan fingerprint density at radius 1 is 1.44 bits per heavy atom. The van der Waals surface area contributed by atoms with E-state index in [-0.39, 0.29) is 12.7 Å². The van der Waals surface area contributed by atoms with E-state index in [0.29, 0.717) is 12.6 Å². The van der Waals surface area contributed by atoms with Gasteiger partial charge in [-0.25, -0.2) is 4.98 Å². The number of aliphatic hydroxyl groups excluding tert-OH is 1. The molecule has 18 heavy (non-hydrogen) atoms. The zero-order chi connectivity index (χ0) is 13.3. The summed E-state index contributed by atoms with van der Waals surface area (Å²) in [5.74, 6) is 0.914. The Morgan fingerprint density at radius 2 is 2.17 bits per heavy atom. The molecule has 0 aromatic carbocycles. The molecular weight excluding hydrogens is 228 g/mol. The molecule has 4 heteroatoms. The van der Waals surface area contributed by atoms with Gasteiger partial charge in [-0.15, -0.1) is 0 Å². The van der Waals surface area contributed by atoms with Crippen molar-refractivity contribution in [2.24, 2.45) is 0 Å². The highest BCUT2D eigenvalue weighted by Crippen LogP contribution is 2.26. The minimum absolute atomic E-state index is 0.0346. The Bertz CT molecular complexity index is 434. The normalized spacial score (nSPS) is 24.4. The minimum Gasteiger partial charge on any atom is -0.392 e. The summed E-state index contributed by atoms with van der Waals surface area (Å²) in [6.07, 6.45) is 0.204. The third-order valence-electron chi connectivity index (χ3n) is 3.49. The van der Waals surface area contributed by atoms with Gasteiger partial charge in [0.2, 0.25) is 0 Å². The number of pyridine rings is 1. The van der Waals surface area contributed by atoms with E-state index in [1.165, 1.54) is 0 Å². The van der Waals surface area contributed by atoms with Crippen LogP contribution in [0.25, 0.3) is 0 Å². The van der Waals surface area contributed by atoms with Crippen LogP contribution in [-0.2, 0) is 11.3 Å². The van der Waals surface area contributed by atoms with Crippen molar-refractivity contribution in [3.8, 4) is 0 Å². The smallest absolute Gasteiger partial charge is 0.135 e. The molecule has 1 aliphatic heterocycles. The number of aromatic nitrogens is 1. The van der Waals surface area contributed by atoms with Crippen LogP contribution in [0.5, 0.6) is 0 Å². The van der Waals surface area contributed by atoms with Crippen LogP contribution in [0.2, 0.25) is 0 Å². The molecule has 0 radical (unpaired) electrons. The highest BCUT2D eigenvalue weighted by atomic mass is 16.5. The lowest BCUT2D eigenvalue weighted by Gasteiger charge is -2.38. The second-order valence-electron chi connectivity index (χ2n) is 5.19. The van der Waals surface area contributed by atoms with Gasteiger partial charge in [-0.3, -0.25) is 0 Å². The van der Waals surface area contributed by atoms with Gasteiger partial charge in [0.15, 0.2) is 0 Å². The van der Waals surface area contributed by atoms with Crippen LogP contribution in [0.15, 0.2) is 6.07 Å². The summed E-state index contributed by atoms with van der Waals surface area (Å²) in [4.78, 5) is 6.87. The summed E-state index contributed by atoms with van der Waals surface area (Å²) < 4.78 is 5.64. The number of hydrogen-bond donors (Lipinski definition) is 1. The van der Waals surface area contributed by atoms with Crippen molar-refractivity contribution in [3.63, 3.8) is 0 Å². The topological polar surface area (TPSA) is 45.6 Å². The van der Waals surface area contributed by atoms with E-state index in [1.807, 2.05) is 19.9 Å². The standard InChI is InChI=1S/C14H22N2O2/c1-9-5-10(2)15-14(13(9)7-17)16-6-12(4)18-8-11(16)3/h5,11-12,17H,6-8H2,1-4H3. The van der Waals surface area contributed by atoms with E-state index in [1.54, 1.807) is 0 Å². The first kappa shape index (κ1) is 13.3. The van der Waals surface area contributed by atoms with Crippen molar-refractivity contribution in [3.05, 3.63) is 22.9 Å². The first-order valence-electron chi connectivity index (χ1n) is 6.49. The monoisotopic (exact) mass is 250 g/mol. The van der Waals surface area contributed by atoms with Gasteiger partial charge in [-0.1, -0.05) is 0 Å². The van der Waals surface area contributed by atoms with Crippen LogP contribution in [0, 0.1) is 13.8 Å². The van der Waals surface area contributed by atoms with Gasteiger partial charge in [-0.2, -0.15) is 0 Å². The lowest BCUT2D eigenvalue weighted by Crippen LogP contribution is -2.48. The molecular formula is C14H22N2O2. The van der Waals surface area contributed by atoms with E-state index in [4.69, 9.17) is 4.74 Å². The number of anilines is 1. The Balaban J connectivity index is 2.42. The summed E-state index contributed by atoms with van der Waals surface area (Å²) in [7, 11) is 0. The summed E-state index contributed by atoms with van der Waals surface area (Å²) >= 11 is 0. The molecule has 100 valence electrons. The molecule has 2 unspecified atom stereocenters. The molecule has 1 N–H and O–H groups in total. The second kappa shape index (κ2) is 5.24. The SMILES string of the molecule is Cc1cc(C)c(CO)c(N2CC(C)OCC2C)n1. The summed E-state index contributed by atoms with van der Waals surface area (Å²) in [6, 6.07) is 2.31. The fourth-order valence-electron chi connectivity index (χ4n) is 2.47. The summed E-state index contributed by atoms with van der Waals surface area (Å²) in [6.45, 7) is 9.79. The number of nitrogens with zero attached hydrogens (tertiary/aromatic N) is 2. The van der Waals surface area contributed by atoms with E-state index in [9.17, 15) is 5.11 Å². The molecule has 0 bridgehead atoms. The highest BCUT2D eigenvalue weighted by molar-refractivity contribution is 5.52. The van der Waals surface area contributed by atoms with E-state index >= 15 is 0 Å². The third-order valence-corrected chi connectivity index (χ3v) is 3.49. The van der Waals surface area contributed by atoms with Crippen molar-refractivity contribution in [2.45, 2.75) is 46.4 Å². The van der Waals surface area contributed by atoms with E-state index in [0.717, 1.165) is 29.2 Å². The molecule has 1 saturated heterocycles. The lowest BCUT2D eigenvalue weighted by molar-refractivity contribution is 0.0338. The molecule has 1 aromatic rings. The maximum absolute atomic E-state index is 9.58. The van der Waals surface area contributed by atoms with Crippen molar-refractivity contribution >= 4 is 5.82 Å². The van der Waals surface area contributed by atoms with Crippen LogP contribution in [0.1, 0.15) is 30.7 Å². The third kappa shape index (κ3) is 2.49. The van der Waals surface area contributed by atoms with Crippen LogP contribution < -0.4 is 4.90 Å². The summed E-state index contributed by atoms with van der Waals surface area (Å²) in [5, 5.41) is 9.58. The first-order chi connectivity index (χ1) is 8.52. The van der Waals surface area contributed by atoms with E-state index in [2.05, 4.69) is 23.7 Å². The Kier molecular flexibility index (Phi) is 3.88. The van der Waals surface area contributed by atoms with Gasteiger partial charge in [0, 0.05) is 17.8 Å². The number of morpholine rings is 1. The maximum atomic E-state index is 9.58. The minimum atomic E-state index is 0.0346. The Morgan fingerprint density at radius 3 is 2.83 bits per heavy atom. The van der Waals surface area contributed by atoms with Crippen molar-refractivity contribution in [1.29, 1.82) is 0 Å². The van der Waals surface area contributed by atoms with Crippen LogP contribution in [0.3, 0.4) is 0 Å². The van der Waals surface area contributed by atoms with Gasteiger partial charge in [0.25, 0.3) is 0 Å². The Labute approximate surface area is 109 Å². The molecule has 2 atom stereocenters. The Hall–Kier alpha value is -1.13. The first-order valence-corrected chi connectivity index (χ1v) is 6.49. The molecule has 1 fully saturated rings. The number of hydrogen-bond acceptors (Lipinski definition) is 4. The fourth-order valence-corrected chi connectivity index (χ4v) is 2.47. The molecule has 1 aliphatic rings. The van der Waals surface area contributed by atoms with Crippen LogP contribution in [-0.4, -0.2) is 35.4 Å². The van der Waals surface area contributed by atoms with Gasteiger partial charge >= 0.3 is 0 Å². The summed E-state index contributed by atoms with van der Waals surface area (Å²) in [5.41, 5.74) is 3.03. The predicted octanol–water partition coefficient (Wildman–Crippen LogP) is 1.80. The number of ether oxygens (including phenoxy) is 1. The van der Waals surface area contributed by atoms with Crippen molar-refractivity contribution < 1.29 is 9.84 Å². The molecule has 2 heterocycles. The zero-order valence-electron chi connectivity index (χ0n) is 11.6. The molecule has 0 aliphatic carbocycles. The highest BCUT2D eigenvalue weighted by Gasteiger charge is 2.26. The average Bonchev–Trinajstić information content (AvgIpc) is 2.31. The van der Waals surface area contributed by atoms with E-state index < -0.39 is 0 Å². The van der Waals surface area contributed by atoms with Gasteiger partial charge < -0.3 is 14.7 Å². The van der Waals surface area contributed by atoms with Gasteiger partial charge in [0.1, 0.15) is 5.82 Å². The molecule has 0 spiro atoms. The largest absolute Gasteiger partial charge is 0.392 e. The fraction of sp³-hybridized carbons (Fsp3) is 0.643. The second-order valence-corrected chi connectivity index (χ2v) is 5.19. The molecule has 1 aromatic heterocycles. The van der Waals surface area contributed by atoms with Crippen molar-refractivity contribution in [1.82, 2.24) is 4.98 Å². The van der Waals surface area contributed by atoms with Gasteiger partial charge in [-0.05, 0) is 39.3 Å². The molecule has 2 rings (SSSR count). The molecule has 0 saturated carbocycles. The quantitative estimate of drug-likeness (QED) is 0.869. The zero-order valence-corrected chi connectivity index (χ0v) is 11.6.